The van der Waals surface area contributed by atoms with Crippen molar-refractivity contribution in [1.29, 1.82) is 0 Å². The Labute approximate surface area is 113 Å². The van der Waals surface area contributed by atoms with E-state index in [-0.39, 0.29) is 25.1 Å². The maximum Gasteiger partial charge on any atom is 0.414 e. The van der Waals surface area contributed by atoms with Gasteiger partial charge in [0.2, 0.25) is 0 Å². The van der Waals surface area contributed by atoms with Gasteiger partial charge in [-0.25, -0.2) is 4.79 Å². The number of aliphatic hydroxyl groups is 1. The summed E-state index contributed by atoms with van der Waals surface area (Å²) >= 11 is 0. The first-order valence-corrected chi connectivity index (χ1v) is 6.16. The van der Waals surface area contributed by atoms with E-state index < -0.39 is 24.9 Å². The molecule has 0 radical (unpaired) electrons. The molecule has 1 amide bonds. The Bertz CT molecular complexity index is 490. The second kappa shape index (κ2) is 5.70. The standard InChI is InChI=1S/C13H14F3NO3/c14-13(15,16)11-6-5-9-3-1-2-4-10(9)17(11)12(19)20-8-7-18/h1-4,11,18H,5-8H2. The minimum atomic E-state index is -4.52. The maximum absolute atomic E-state index is 13.1. The molecule has 20 heavy (non-hydrogen) atoms. The SMILES string of the molecule is O=C(OCCO)N1c2ccccc2CCC1C(F)(F)F. The van der Waals surface area contributed by atoms with Crippen molar-refractivity contribution in [3.63, 3.8) is 0 Å². The van der Waals surface area contributed by atoms with Gasteiger partial charge in [0, 0.05) is 0 Å². The summed E-state index contributed by atoms with van der Waals surface area (Å²) < 4.78 is 43.9. The van der Waals surface area contributed by atoms with Gasteiger partial charge in [0.05, 0.1) is 12.3 Å². The largest absolute Gasteiger partial charge is 0.447 e. The van der Waals surface area contributed by atoms with E-state index in [1.165, 1.54) is 6.07 Å². The lowest BCUT2D eigenvalue weighted by Crippen LogP contribution is -2.52. The van der Waals surface area contributed by atoms with Crippen molar-refractivity contribution in [1.82, 2.24) is 0 Å². The van der Waals surface area contributed by atoms with Crippen molar-refractivity contribution in [2.45, 2.75) is 25.1 Å². The number of aliphatic hydroxyl groups excluding tert-OH is 1. The molecule has 1 aliphatic rings. The number of halogens is 3. The first kappa shape index (κ1) is 14.6. The van der Waals surface area contributed by atoms with E-state index in [1.54, 1.807) is 18.2 Å². The van der Waals surface area contributed by atoms with Crippen molar-refractivity contribution in [2.75, 3.05) is 18.1 Å². The molecule has 0 bridgehead atoms. The van der Waals surface area contributed by atoms with E-state index in [1.807, 2.05) is 0 Å². The van der Waals surface area contributed by atoms with Gasteiger partial charge in [-0.2, -0.15) is 13.2 Å². The molecule has 110 valence electrons. The number of amides is 1. The number of rotatable bonds is 2. The summed E-state index contributed by atoms with van der Waals surface area (Å²) in [6.45, 7) is -0.764. The average molecular weight is 289 g/mol. The highest BCUT2D eigenvalue weighted by molar-refractivity contribution is 5.90. The minimum Gasteiger partial charge on any atom is -0.447 e. The molecule has 2 rings (SSSR count). The number of anilines is 1. The number of fused-ring (bicyclic) bond motifs is 1. The number of hydrogen-bond donors (Lipinski definition) is 1. The van der Waals surface area contributed by atoms with Crippen molar-refractivity contribution in [3.8, 4) is 0 Å². The molecule has 1 aromatic rings. The fourth-order valence-corrected chi connectivity index (χ4v) is 2.28. The van der Waals surface area contributed by atoms with Crippen LogP contribution in [0.2, 0.25) is 0 Å². The molecule has 1 aliphatic heterocycles. The Balaban J connectivity index is 2.36. The highest BCUT2D eigenvalue weighted by Crippen LogP contribution is 2.38. The molecule has 7 heteroatoms. The number of hydrogen-bond acceptors (Lipinski definition) is 3. The Morgan fingerprint density at radius 2 is 2.10 bits per heavy atom. The fourth-order valence-electron chi connectivity index (χ4n) is 2.28. The van der Waals surface area contributed by atoms with Gasteiger partial charge in [0.1, 0.15) is 12.6 Å². The molecule has 1 heterocycles. The lowest BCUT2D eigenvalue weighted by atomic mass is 9.96. The fraction of sp³-hybridized carbons (Fsp3) is 0.462. The Hall–Kier alpha value is -1.76. The molecule has 1 aromatic carbocycles. The van der Waals surface area contributed by atoms with Crippen LogP contribution < -0.4 is 4.90 Å². The van der Waals surface area contributed by atoms with Gasteiger partial charge < -0.3 is 9.84 Å². The highest BCUT2D eigenvalue weighted by atomic mass is 19.4. The summed E-state index contributed by atoms with van der Waals surface area (Å²) in [5.74, 6) is 0. The van der Waals surface area contributed by atoms with Crippen LogP contribution in [0.25, 0.3) is 0 Å². The molecule has 0 spiro atoms. The van der Waals surface area contributed by atoms with Gasteiger partial charge >= 0.3 is 12.3 Å². The van der Waals surface area contributed by atoms with E-state index >= 15 is 0 Å². The molecule has 0 aromatic heterocycles. The number of carbonyl (C=O) groups excluding carboxylic acids is 1. The summed E-state index contributed by atoms with van der Waals surface area (Å²) in [5.41, 5.74) is 0.887. The number of carbonyl (C=O) groups is 1. The Morgan fingerprint density at radius 3 is 2.75 bits per heavy atom. The third kappa shape index (κ3) is 2.87. The molecule has 4 nitrogen and oxygen atoms in total. The van der Waals surface area contributed by atoms with Crippen LogP contribution in [0.15, 0.2) is 24.3 Å². The molecule has 1 N–H and O–H groups in total. The zero-order chi connectivity index (χ0) is 14.8. The van der Waals surface area contributed by atoms with Gasteiger partial charge in [-0.05, 0) is 24.5 Å². The second-order valence-corrected chi connectivity index (χ2v) is 4.43. The summed E-state index contributed by atoms with van der Waals surface area (Å²) in [6.07, 6.45) is -5.56. The van der Waals surface area contributed by atoms with Gasteiger partial charge in [0.15, 0.2) is 0 Å². The van der Waals surface area contributed by atoms with Crippen molar-refractivity contribution in [3.05, 3.63) is 29.8 Å². The highest BCUT2D eigenvalue weighted by Gasteiger charge is 2.48. The van der Waals surface area contributed by atoms with Crippen LogP contribution in [0.5, 0.6) is 0 Å². The van der Waals surface area contributed by atoms with E-state index in [0.717, 1.165) is 0 Å². The van der Waals surface area contributed by atoms with Crippen molar-refractivity contribution >= 4 is 11.8 Å². The molecule has 0 fully saturated rings. The van der Waals surface area contributed by atoms with Gasteiger partial charge in [0.25, 0.3) is 0 Å². The van der Waals surface area contributed by atoms with Crippen LogP contribution in [0, 0.1) is 0 Å². The van der Waals surface area contributed by atoms with Crippen LogP contribution in [0.1, 0.15) is 12.0 Å². The van der Waals surface area contributed by atoms with Gasteiger partial charge in [-0.15, -0.1) is 0 Å². The van der Waals surface area contributed by atoms with Crippen molar-refractivity contribution in [2.24, 2.45) is 0 Å². The number of ether oxygens (including phenoxy) is 1. The molecule has 1 atom stereocenters. The first-order chi connectivity index (χ1) is 9.45. The van der Waals surface area contributed by atoms with Crippen LogP contribution in [0.3, 0.4) is 0 Å². The molecule has 0 aliphatic carbocycles. The van der Waals surface area contributed by atoms with Crippen LogP contribution in [0.4, 0.5) is 23.7 Å². The van der Waals surface area contributed by atoms with E-state index in [0.29, 0.717) is 10.5 Å². The lowest BCUT2D eigenvalue weighted by Gasteiger charge is -2.37. The number of aryl methyl sites for hydroxylation is 1. The van der Waals surface area contributed by atoms with E-state index in [2.05, 4.69) is 4.74 Å². The summed E-state index contributed by atoms with van der Waals surface area (Å²) in [6, 6.07) is 4.54. The van der Waals surface area contributed by atoms with Gasteiger partial charge in [-0.1, -0.05) is 18.2 Å². The normalized spacial score (nSPS) is 18.6. The van der Waals surface area contributed by atoms with Crippen LogP contribution >= 0.6 is 0 Å². The summed E-state index contributed by atoms with van der Waals surface area (Å²) in [4.78, 5) is 12.5. The van der Waals surface area contributed by atoms with E-state index in [4.69, 9.17) is 5.11 Å². The van der Waals surface area contributed by atoms with Crippen LogP contribution in [-0.2, 0) is 11.2 Å². The second-order valence-electron chi connectivity index (χ2n) is 4.43. The zero-order valence-electron chi connectivity index (χ0n) is 10.6. The molecule has 0 saturated carbocycles. The number of benzene rings is 1. The Morgan fingerprint density at radius 1 is 1.40 bits per heavy atom. The number of para-hydroxylation sites is 1. The average Bonchev–Trinajstić information content (AvgIpc) is 2.42. The summed E-state index contributed by atoms with van der Waals surface area (Å²) in [7, 11) is 0. The predicted octanol–water partition coefficient (Wildman–Crippen LogP) is 2.50. The number of nitrogens with zero attached hydrogens (tertiary/aromatic N) is 1. The monoisotopic (exact) mass is 289 g/mol. The zero-order valence-corrected chi connectivity index (χ0v) is 10.6. The maximum atomic E-state index is 13.1. The van der Waals surface area contributed by atoms with Crippen molar-refractivity contribution < 1.29 is 27.8 Å². The minimum absolute atomic E-state index is 0.200. The first-order valence-electron chi connectivity index (χ1n) is 6.16. The summed E-state index contributed by atoms with van der Waals surface area (Å²) in [5, 5.41) is 8.62. The third-order valence-corrected chi connectivity index (χ3v) is 3.14. The van der Waals surface area contributed by atoms with E-state index in [9.17, 15) is 18.0 Å². The quantitative estimate of drug-likeness (QED) is 0.910. The van der Waals surface area contributed by atoms with Crippen LogP contribution in [-0.4, -0.2) is 36.6 Å². The molecule has 1 unspecified atom stereocenters. The number of alkyl halides is 3. The smallest absolute Gasteiger partial charge is 0.414 e. The Kier molecular flexibility index (Phi) is 4.17. The predicted molar refractivity (Wildman–Crippen MR) is 65.5 cm³/mol. The topological polar surface area (TPSA) is 49.8 Å². The van der Waals surface area contributed by atoms with Gasteiger partial charge in [-0.3, -0.25) is 4.90 Å². The molecular weight excluding hydrogens is 275 g/mol. The molecular formula is C13H14F3NO3. The third-order valence-electron chi connectivity index (χ3n) is 3.14. The molecule has 0 saturated heterocycles. The lowest BCUT2D eigenvalue weighted by molar-refractivity contribution is -0.150.